The van der Waals surface area contributed by atoms with Gasteiger partial charge in [-0.1, -0.05) is 0 Å². The highest BCUT2D eigenvalue weighted by atomic mass is 19.3. The van der Waals surface area contributed by atoms with Crippen molar-refractivity contribution in [2.24, 2.45) is 0 Å². The molecule has 0 aromatic heterocycles. The van der Waals surface area contributed by atoms with Gasteiger partial charge in [-0.25, -0.2) is 17.6 Å². The number of piperazine rings is 1. The minimum atomic E-state index is -3.84. The van der Waals surface area contributed by atoms with Crippen LogP contribution in [0.15, 0.2) is 0 Å². The second-order valence-electron chi connectivity index (χ2n) is 3.40. The second kappa shape index (κ2) is 4.93. The van der Waals surface area contributed by atoms with Gasteiger partial charge in [-0.3, -0.25) is 0 Å². The highest BCUT2D eigenvalue weighted by molar-refractivity contribution is 4.74. The second-order valence-corrected chi connectivity index (χ2v) is 3.40. The van der Waals surface area contributed by atoms with E-state index in [0.717, 1.165) is 13.1 Å². The lowest BCUT2D eigenvalue weighted by Crippen LogP contribution is -2.45. The van der Waals surface area contributed by atoms with E-state index in [9.17, 15) is 17.6 Å². The molecule has 1 rings (SSSR count). The van der Waals surface area contributed by atoms with Crippen molar-refractivity contribution < 1.29 is 17.6 Å². The summed E-state index contributed by atoms with van der Waals surface area (Å²) in [5, 5.41) is 3.06. The summed E-state index contributed by atoms with van der Waals surface area (Å²) >= 11 is 0. The molecular formula is C8H14F4N2. The van der Waals surface area contributed by atoms with Crippen LogP contribution >= 0.6 is 0 Å². The Balaban J connectivity index is 2.24. The summed E-state index contributed by atoms with van der Waals surface area (Å²) < 4.78 is 48.6. The molecule has 14 heavy (non-hydrogen) atoms. The number of rotatable bonds is 4. The van der Waals surface area contributed by atoms with Gasteiger partial charge in [-0.2, -0.15) is 0 Å². The van der Waals surface area contributed by atoms with Gasteiger partial charge >= 0.3 is 12.3 Å². The number of halogens is 4. The first-order valence-electron chi connectivity index (χ1n) is 4.61. The maximum absolute atomic E-state index is 12.5. The Bertz CT molecular complexity index is 169. The summed E-state index contributed by atoms with van der Waals surface area (Å²) in [5.74, 6) is -3.84. The molecule has 0 atom stereocenters. The largest absolute Gasteiger partial charge is 0.314 e. The summed E-state index contributed by atoms with van der Waals surface area (Å²) in [4.78, 5) is 1.77. The van der Waals surface area contributed by atoms with Crippen LogP contribution in [0.5, 0.6) is 0 Å². The lowest BCUT2D eigenvalue weighted by atomic mass is 10.2. The van der Waals surface area contributed by atoms with Crippen molar-refractivity contribution in [3.63, 3.8) is 0 Å². The maximum Gasteiger partial charge on any atom is 0.308 e. The maximum atomic E-state index is 12.5. The predicted octanol–water partition coefficient (Wildman–Crippen LogP) is 1.18. The molecule has 1 saturated heterocycles. The Kier molecular flexibility index (Phi) is 4.12. The highest BCUT2D eigenvalue weighted by Gasteiger charge is 2.40. The summed E-state index contributed by atoms with van der Waals surface area (Å²) in [6, 6.07) is 0. The molecular weight excluding hydrogens is 200 g/mol. The molecule has 0 amide bonds. The van der Waals surface area contributed by atoms with Gasteiger partial charge in [-0.15, -0.1) is 0 Å². The van der Waals surface area contributed by atoms with Gasteiger partial charge in [0.1, 0.15) is 0 Å². The van der Waals surface area contributed by atoms with Crippen molar-refractivity contribution in [2.45, 2.75) is 18.8 Å². The van der Waals surface area contributed by atoms with E-state index in [-0.39, 0.29) is 6.54 Å². The molecule has 1 heterocycles. The van der Waals surface area contributed by atoms with E-state index >= 15 is 0 Å². The molecule has 6 heteroatoms. The Hall–Kier alpha value is -0.360. The molecule has 0 aromatic rings. The summed E-state index contributed by atoms with van der Waals surface area (Å²) in [6.45, 7) is 2.82. The van der Waals surface area contributed by atoms with Crippen molar-refractivity contribution in [3.05, 3.63) is 0 Å². The van der Waals surface area contributed by atoms with Crippen LogP contribution in [0.4, 0.5) is 17.6 Å². The Labute approximate surface area is 80.3 Å². The Morgan fingerprint density at radius 2 is 1.79 bits per heavy atom. The third-order valence-electron chi connectivity index (χ3n) is 2.29. The quantitative estimate of drug-likeness (QED) is 0.707. The van der Waals surface area contributed by atoms with Crippen LogP contribution in [0.25, 0.3) is 0 Å². The van der Waals surface area contributed by atoms with E-state index in [1.54, 1.807) is 4.90 Å². The zero-order chi connectivity index (χ0) is 10.6. The third-order valence-corrected chi connectivity index (χ3v) is 2.29. The molecule has 0 aromatic carbocycles. The van der Waals surface area contributed by atoms with Crippen molar-refractivity contribution in [3.8, 4) is 0 Å². The third kappa shape index (κ3) is 3.42. The van der Waals surface area contributed by atoms with Crippen LogP contribution in [-0.4, -0.2) is 50.0 Å². The molecule has 1 aliphatic rings. The van der Waals surface area contributed by atoms with Gasteiger partial charge in [0.25, 0.3) is 0 Å². The molecule has 0 spiro atoms. The molecule has 1 aliphatic heterocycles. The van der Waals surface area contributed by atoms with Crippen LogP contribution in [0, 0.1) is 0 Å². The number of nitrogens with one attached hydrogen (secondary N) is 1. The van der Waals surface area contributed by atoms with E-state index in [4.69, 9.17) is 0 Å². The summed E-state index contributed by atoms with van der Waals surface area (Å²) in [7, 11) is 0. The molecule has 84 valence electrons. The van der Waals surface area contributed by atoms with Crippen molar-refractivity contribution in [1.29, 1.82) is 0 Å². The van der Waals surface area contributed by atoms with Gasteiger partial charge in [0.05, 0.1) is 0 Å². The zero-order valence-electron chi connectivity index (χ0n) is 7.78. The number of nitrogens with zero attached hydrogens (tertiary/aromatic N) is 1. The Morgan fingerprint density at radius 3 is 2.29 bits per heavy atom. The monoisotopic (exact) mass is 214 g/mol. The lowest BCUT2D eigenvalue weighted by Gasteiger charge is -2.28. The first-order valence-corrected chi connectivity index (χ1v) is 4.61. The Morgan fingerprint density at radius 1 is 1.21 bits per heavy atom. The van der Waals surface area contributed by atoms with Gasteiger partial charge in [0, 0.05) is 39.1 Å². The molecule has 2 nitrogen and oxygen atoms in total. The minimum absolute atomic E-state index is 0.0407. The van der Waals surface area contributed by atoms with Crippen LogP contribution in [0.3, 0.4) is 0 Å². The SMILES string of the molecule is FC(F)C(F)(F)CCN1CCNCC1. The van der Waals surface area contributed by atoms with Gasteiger partial charge < -0.3 is 10.2 Å². The number of hydrogen-bond donors (Lipinski definition) is 1. The van der Waals surface area contributed by atoms with Crippen LogP contribution in [0.1, 0.15) is 6.42 Å². The van der Waals surface area contributed by atoms with Crippen molar-refractivity contribution in [1.82, 2.24) is 10.2 Å². The zero-order valence-corrected chi connectivity index (χ0v) is 7.78. The summed E-state index contributed by atoms with van der Waals surface area (Å²) in [6.07, 6.45) is -4.31. The minimum Gasteiger partial charge on any atom is -0.314 e. The number of hydrogen-bond acceptors (Lipinski definition) is 2. The molecule has 0 aliphatic carbocycles. The van der Waals surface area contributed by atoms with Crippen LogP contribution in [-0.2, 0) is 0 Å². The fourth-order valence-electron chi connectivity index (χ4n) is 1.35. The topological polar surface area (TPSA) is 15.3 Å². The predicted molar refractivity (Wildman–Crippen MR) is 44.9 cm³/mol. The first kappa shape index (κ1) is 11.7. The van der Waals surface area contributed by atoms with Crippen LogP contribution in [0.2, 0.25) is 0 Å². The van der Waals surface area contributed by atoms with Crippen molar-refractivity contribution in [2.75, 3.05) is 32.7 Å². The fraction of sp³-hybridized carbons (Fsp3) is 1.00. The molecule has 0 saturated carbocycles. The molecule has 0 bridgehead atoms. The van der Waals surface area contributed by atoms with Gasteiger partial charge in [0.15, 0.2) is 0 Å². The molecule has 0 radical (unpaired) electrons. The first-order chi connectivity index (χ1) is 6.52. The van der Waals surface area contributed by atoms with Crippen molar-refractivity contribution >= 4 is 0 Å². The summed E-state index contributed by atoms with van der Waals surface area (Å²) in [5.41, 5.74) is 0. The normalized spacial score (nSPS) is 20.4. The van der Waals surface area contributed by atoms with Gasteiger partial charge in [0.2, 0.25) is 0 Å². The average molecular weight is 214 g/mol. The van der Waals surface area contributed by atoms with Crippen LogP contribution < -0.4 is 5.32 Å². The van der Waals surface area contributed by atoms with E-state index < -0.39 is 18.8 Å². The lowest BCUT2D eigenvalue weighted by molar-refractivity contribution is -0.135. The molecule has 1 N–H and O–H groups in total. The van der Waals surface area contributed by atoms with Gasteiger partial charge in [-0.05, 0) is 0 Å². The number of alkyl halides is 4. The molecule has 1 fully saturated rings. The van der Waals surface area contributed by atoms with E-state index in [2.05, 4.69) is 5.32 Å². The van der Waals surface area contributed by atoms with E-state index in [1.165, 1.54) is 0 Å². The highest BCUT2D eigenvalue weighted by Crippen LogP contribution is 2.26. The smallest absolute Gasteiger partial charge is 0.308 e. The average Bonchev–Trinajstić information content (AvgIpc) is 2.16. The van der Waals surface area contributed by atoms with E-state index in [0.29, 0.717) is 13.1 Å². The standard InChI is InChI=1S/C8H14F4N2/c9-7(10)8(11,12)1-4-14-5-2-13-3-6-14/h7,13H,1-6H2. The van der Waals surface area contributed by atoms with E-state index in [1.807, 2.05) is 0 Å². The fourth-order valence-corrected chi connectivity index (χ4v) is 1.35. The molecule has 0 unspecified atom stereocenters.